The monoisotopic (exact) mass is 191 g/mol. The van der Waals surface area contributed by atoms with Crippen LogP contribution in [0.15, 0.2) is 6.20 Å². The van der Waals surface area contributed by atoms with Crippen LogP contribution in [0.4, 0.5) is 5.95 Å². The van der Waals surface area contributed by atoms with Crippen molar-refractivity contribution in [3.63, 3.8) is 0 Å². The Kier molecular flexibility index (Phi) is 2.37. The Labute approximate surface area is 84.2 Å². The molecule has 1 aliphatic rings. The second-order valence-corrected chi connectivity index (χ2v) is 4.05. The molecule has 0 aliphatic carbocycles. The van der Waals surface area contributed by atoms with E-state index in [1.807, 2.05) is 6.20 Å². The minimum atomic E-state index is 0.378. The number of anilines is 1. The molecule has 1 aromatic rings. The molecule has 0 bridgehead atoms. The summed E-state index contributed by atoms with van der Waals surface area (Å²) in [5, 5.41) is 0. The van der Waals surface area contributed by atoms with Gasteiger partial charge in [-0.05, 0) is 5.92 Å². The summed E-state index contributed by atoms with van der Waals surface area (Å²) in [7, 11) is 0. The van der Waals surface area contributed by atoms with Crippen molar-refractivity contribution in [2.75, 3.05) is 12.3 Å². The van der Waals surface area contributed by atoms with Crippen LogP contribution < -0.4 is 5.73 Å². The molecule has 0 spiro atoms. The summed E-state index contributed by atoms with van der Waals surface area (Å²) in [6, 6.07) is 0. The van der Waals surface area contributed by atoms with Crippen molar-refractivity contribution in [2.24, 2.45) is 0 Å². The highest BCUT2D eigenvalue weighted by molar-refractivity contribution is 5.28. The van der Waals surface area contributed by atoms with Crippen LogP contribution >= 0.6 is 0 Å². The number of rotatable bonds is 2. The van der Waals surface area contributed by atoms with E-state index in [0.717, 1.165) is 25.3 Å². The Morgan fingerprint density at radius 2 is 2.29 bits per heavy atom. The number of hydrogen-bond donors (Lipinski definition) is 1. The van der Waals surface area contributed by atoms with Gasteiger partial charge in [0.05, 0.1) is 5.69 Å². The lowest BCUT2D eigenvalue weighted by atomic mass is 10.2. The van der Waals surface area contributed by atoms with Crippen molar-refractivity contribution < 1.29 is 0 Å². The highest BCUT2D eigenvalue weighted by atomic mass is 15.2. The molecule has 0 saturated carbocycles. The lowest BCUT2D eigenvalue weighted by Crippen LogP contribution is -2.20. The van der Waals surface area contributed by atoms with Gasteiger partial charge in [0.2, 0.25) is 5.95 Å². The van der Waals surface area contributed by atoms with Gasteiger partial charge in [-0.3, -0.25) is 4.90 Å². The molecular formula is C10H15N4. The van der Waals surface area contributed by atoms with Crippen LogP contribution in [-0.2, 0) is 13.1 Å². The fourth-order valence-corrected chi connectivity index (χ4v) is 1.79. The largest absolute Gasteiger partial charge is 0.368 e. The molecule has 0 atom stereocenters. The number of hydrogen-bond acceptors (Lipinski definition) is 4. The lowest BCUT2D eigenvalue weighted by molar-refractivity contribution is 0.294. The first-order valence-electron chi connectivity index (χ1n) is 4.77. The van der Waals surface area contributed by atoms with Crippen molar-refractivity contribution in [3.05, 3.63) is 23.4 Å². The Morgan fingerprint density at radius 3 is 3.00 bits per heavy atom. The van der Waals surface area contributed by atoms with Gasteiger partial charge in [0.1, 0.15) is 0 Å². The summed E-state index contributed by atoms with van der Waals surface area (Å²) in [6.07, 6.45) is 1.84. The molecule has 75 valence electrons. The van der Waals surface area contributed by atoms with E-state index in [9.17, 15) is 0 Å². The molecule has 0 fully saturated rings. The number of nitrogen functional groups attached to an aromatic ring is 1. The molecule has 0 unspecified atom stereocenters. The molecule has 2 N–H and O–H groups in total. The van der Waals surface area contributed by atoms with Crippen LogP contribution in [0.3, 0.4) is 0 Å². The smallest absolute Gasteiger partial charge is 0.220 e. The minimum Gasteiger partial charge on any atom is -0.368 e. The van der Waals surface area contributed by atoms with Gasteiger partial charge in [-0.2, -0.15) is 0 Å². The van der Waals surface area contributed by atoms with E-state index in [4.69, 9.17) is 5.73 Å². The first-order chi connectivity index (χ1) is 6.65. The normalized spacial score (nSPS) is 16.2. The maximum absolute atomic E-state index is 5.53. The van der Waals surface area contributed by atoms with Crippen LogP contribution in [0.1, 0.15) is 25.1 Å². The third-order valence-corrected chi connectivity index (χ3v) is 2.28. The van der Waals surface area contributed by atoms with E-state index in [0.29, 0.717) is 5.95 Å². The zero-order valence-electron chi connectivity index (χ0n) is 8.62. The summed E-state index contributed by atoms with van der Waals surface area (Å²) in [5.41, 5.74) is 7.82. The third kappa shape index (κ3) is 1.85. The van der Waals surface area contributed by atoms with Crippen LogP contribution in [0.5, 0.6) is 0 Å². The van der Waals surface area contributed by atoms with Crippen molar-refractivity contribution in [3.8, 4) is 0 Å². The minimum absolute atomic E-state index is 0.378. The molecular weight excluding hydrogens is 176 g/mol. The standard InChI is InChI=1S/C10H15N4/c1-7(2)4-14-5-8-3-12-10(11)13-9(8)6-14/h3H,4-6H2,1-2H3,(H2,11,12,13). The van der Waals surface area contributed by atoms with E-state index >= 15 is 0 Å². The maximum Gasteiger partial charge on any atom is 0.220 e. The molecule has 4 nitrogen and oxygen atoms in total. The molecule has 2 heterocycles. The topological polar surface area (TPSA) is 55.0 Å². The van der Waals surface area contributed by atoms with Crippen molar-refractivity contribution >= 4 is 5.95 Å². The average Bonchev–Trinajstić information content (AvgIpc) is 2.44. The SMILES string of the molecule is C[C](C)CN1Cc2cnc(N)nc2C1. The fraction of sp³-hybridized carbons (Fsp3) is 0.500. The molecule has 0 amide bonds. The maximum atomic E-state index is 5.53. The summed E-state index contributed by atoms with van der Waals surface area (Å²) in [6.45, 7) is 7.15. The van der Waals surface area contributed by atoms with E-state index in [2.05, 4.69) is 28.7 Å². The molecule has 2 rings (SSSR count). The van der Waals surface area contributed by atoms with Crippen LogP contribution in [0.2, 0.25) is 0 Å². The third-order valence-electron chi connectivity index (χ3n) is 2.28. The van der Waals surface area contributed by atoms with E-state index in [1.54, 1.807) is 0 Å². The summed E-state index contributed by atoms with van der Waals surface area (Å²) in [5.74, 6) is 1.79. The van der Waals surface area contributed by atoms with Crippen LogP contribution in [-0.4, -0.2) is 21.4 Å². The molecule has 0 saturated heterocycles. The number of aromatic nitrogens is 2. The van der Waals surface area contributed by atoms with Gasteiger partial charge in [0, 0.05) is 31.4 Å². The Hall–Kier alpha value is -1.16. The van der Waals surface area contributed by atoms with Crippen molar-refractivity contribution in [2.45, 2.75) is 26.9 Å². The second-order valence-electron chi connectivity index (χ2n) is 4.05. The molecule has 4 heteroatoms. The fourth-order valence-electron chi connectivity index (χ4n) is 1.79. The molecule has 1 radical (unpaired) electrons. The predicted molar refractivity (Wildman–Crippen MR) is 55.1 cm³/mol. The molecule has 1 aromatic heterocycles. The Balaban J connectivity index is 2.10. The Morgan fingerprint density at radius 1 is 1.50 bits per heavy atom. The highest BCUT2D eigenvalue weighted by Gasteiger charge is 2.21. The van der Waals surface area contributed by atoms with Crippen LogP contribution in [0.25, 0.3) is 0 Å². The number of nitrogens with zero attached hydrogens (tertiary/aromatic N) is 3. The first kappa shape index (κ1) is 9.40. The zero-order valence-corrected chi connectivity index (χ0v) is 8.62. The predicted octanol–water partition coefficient (Wildman–Crippen LogP) is 0.989. The van der Waals surface area contributed by atoms with Gasteiger partial charge in [0.15, 0.2) is 0 Å². The first-order valence-corrected chi connectivity index (χ1v) is 4.77. The summed E-state index contributed by atoms with van der Waals surface area (Å²) >= 11 is 0. The van der Waals surface area contributed by atoms with Gasteiger partial charge >= 0.3 is 0 Å². The van der Waals surface area contributed by atoms with Crippen LogP contribution in [0, 0.1) is 5.92 Å². The quantitative estimate of drug-likeness (QED) is 0.757. The van der Waals surface area contributed by atoms with Gasteiger partial charge in [-0.15, -0.1) is 0 Å². The van der Waals surface area contributed by atoms with Gasteiger partial charge in [-0.1, -0.05) is 13.8 Å². The Bertz CT molecular complexity index is 335. The lowest BCUT2D eigenvalue weighted by Gasteiger charge is -2.15. The average molecular weight is 191 g/mol. The molecule has 1 aliphatic heterocycles. The van der Waals surface area contributed by atoms with Crippen molar-refractivity contribution in [1.82, 2.24) is 14.9 Å². The zero-order chi connectivity index (χ0) is 10.1. The van der Waals surface area contributed by atoms with Crippen molar-refractivity contribution in [1.29, 1.82) is 0 Å². The van der Waals surface area contributed by atoms with E-state index in [-0.39, 0.29) is 0 Å². The van der Waals surface area contributed by atoms with Gasteiger partial charge in [-0.25, -0.2) is 9.97 Å². The van der Waals surface area contributed by atoms with Gasteiger partial charge in [0.25, 0.3) is 0 Å². The number of nitrogens with two attached hydrogens (primary N) is 1. The molecule has 0 aromatic carbocycles. The van der Waals surface area contributed by atoms with Gasteiger partial charge < -0.3 is 5.73 Å². The molecule has 14 heavy (non-hydrogen) atoms. The summed E-state index contributed by atoms with van der Waals surface area (Å²) in [4.78, 5) is 10.6. The highest BCUT2D eigenvalue weighted by Crippen LogP contribution is 2.21. The number of fused-ring (bicyclic) bond motifs is 1. The second kappa shape index (κ2) is 3.53. The van der Waals surface area contributed by atoms with E-state index in [1.165, 1.54) is 11.5 Å². The van der Waals surface area contributed by atoms with E-state index < -0.39 is 0 Å². The summed E-state index contributed by atoms with van der Waals surface area (Å²) < 4.78 is 0.